The number of phenols is 2. The van der Waals surface area contributed by atoms with Crippen molar-refractivity contribution in [2.45, 2.75) is 21.6 Å². The van der Waals surface area contributed by atoms with Crippen LogP contribution in [0.2, 0.25) is 0 Å². The minimum absolute atomic E-state index is 0.00830. The standard InChI is InChI=1S/C33H26N8O18S3/c1-14(42)34-16-4-6-19(25(11-16)60(49,50)51)36-37-20-12-24(59-3)21(13-23(20)58-2)38-40-30-27(62(55,56)57)9-15-8-26(61(52,53)54)29(31(43)28(15)32(30)44)39-35-17-5-7-22(41(47)48)18(10-17)33(45)46/h4-13,43-44H,1-3H3,(H,34,42)(H,45,46)(H,49,50,51)(H,52,53,54)(H,55,56,57). The minimum atomic E-state index is -5.39. The summed E-state index contributed by atoms with van der Waals surface area (Å²) in [6, 6.07) is 8.91. The monoisotopic (exact) mass is 918 g/mol. The van der Waals surface area contributed by atoms with Gasteiger partial charge in [-0.1, -0.05) is 0 Å². The fourth-order valence-electron chi connectivity index (χ4n) is 5.39. The van der Waals surface area contributed by atoms with E-state index in [2.05, 4.69) is 36.0 Å². The van der Waals surface area contributed by atoms with Gasteiger partial charge in [-0.2, -0.15) is 30.4 Å². The van der Waals surface area contributed by atoms with Crippen molar-refractivity contribution in [3.63, 3.8) is 0 Å². The number of nitrogens with zero attached hydrogens (tertiary/aromatic N) is 7. The third kappa shape index (κ3) is 9.72. The second-order valence-electron chi connectivity index (χ2n) is 12.1. The van der Waals surface area contributed by atoms with Crippen LogP contribution in [0.3, 0.4) is 0 Å². The first-order valence-corrected chi connectivity index (χ1v) is 20.6. The van der Waals surface area contributed by atoms with Crippen LogP contribution in [-0.2, 0) is 35.1 Å². The lowest BCUT2D eigenvalue weighted by Gasteiger charge is -2.13. The zero-order chi connectivity index (χ0) is 46.1. The number of hydrogen-bond acceptors (Lipinski definition) is 20. The van der Waals surface area contributed by atoms with Crippen molar-refractivity contribution < 1.29 is 78.2 Å². The van der Waals surface area contributed by atoms with E-state index in [0.717, 1.165) is 57.5 Å². The number of rotatable bonds is 14. The van der Waals surface area contributed by atoms with Gasteiger partial charge in [0.1, 0.15) is 60.2 Å². The predicted molar refractivity (Wildman–Crippen MR) is 210 cm³/mol. The highest BCUT2D eigenvalue weighted by atomic mass is 32.2. The number of amides is 1. The summed E-state index contributed by atoms with van der Waals surface area (Å²) in [5.74, 6) is -5.26. The number of carbonyl (C=O) groups excluding carboxylic acids is 1. The third-order valence-electron chi connectivity index (χ3n) is 8.04. The molecule has 62 heavy (non-hydrogen) atoms. The summed E-state index contributed by atoms with van der Waals surface area (Å²) in [5, 5.41) is 66.7. The fourth-order valence-corrected chi connectivity index (χ4v) is 7.35. The molecule has 0 aliphatic heterocycles. The Kier molecular flexibility index (Phi) is 12.6. The molecule has 0 saturated heterocycles. The van der Waals surface area contributed by atoms with Crippen molar-refractivity contribution in [1.29, 1.82) is 0 Å². The van der Waals surface area contributed by atoms with Crippen LogP contribution in [0.1, 0.15) is 17.3 Å². The van der Waals surface area contributed by atoms with Gasteiger partial charge in [0, 0.05) is 30.8 Å². The van der Waals surface area contributed by atoms with Crippen LogP contribution in [0, 0.1) is 10.1 Å². The van der Waals surface area contributed by atoms with Gasteiger partial charge in [0.2, 0.25) is 5.91 Å². The predicted octanol–water partition coefficient (Wildman–Crippen LogP) is 6.82. The van der Waals surface area contributed by atoms with E-state index in [1.54, 1.807) is 0 Å². The summed E-state index contributed by atoms with van der Waals surface area (Å²) >= 11 is 0. The number of nitro groups is 1. The number of aromatic carboxylic acids is 1. The molecular formula is C33H26N8O18S3. The Bertz CT molecular complexity index is 3170. The third-order valence-corrected chi connectivity index (χ3v) is 10.7. The van der Waals surface area contributed by atoms with Crippen molar-refractivity contribution >= 4 is 98.5 Å². The molecule has 0 aliphatic rings. The van der Waals surface area contributed by atoms with E-state index >= 15 is 0 Å². The van der Waals surface area contributed by atoms with E-state index in [4.69, 9.17) is 9.47 Å². The Hall–Kier alpha value is -7.57. The van der Waals surface area contributed by atoms with Crippen LogP contribution in [0.25, 0.3) is 10.8 Å². The lowest BCUT2D eigenvalue weighted by atomic mass is 10.1. The molecule has 0 bridgehead atoms. The van der Waals surface area contributed by atoms with E-state index in [-0.39, 0.29) is 34.2 Å². The first-order chi connectivity index (χ1) is 28.8. The van der Waals surface area contributed by atoms with Crippen LogP contribution in [0.5, 0.6) is 23.0 Å². The number of benzene rings is 5. The van der Waals surface area contributed by atoms with Gasteiger partial charge in [-0.15, -0.1) is 25.6 Å². The van der Waals surface area contributed by atoms with Gasteiger partial charge in [0.25, 0.3) is 36.0 Å². The molecule has 5 aromatic rings. The zero-order valence-electron chi connectivity index (χ0n) is 31.2. The van der Waals surface area contributed by atoms with Crippen LogP contribution in [0.15, 0.2) is 106 Å². The second kappa shape index (κ2) is 17.2. The van der Waals surface area contributed by atoms with Gasteiger partial charge in [-0.25, -0.2) is 4.79 Å². The van der Waals surface area contributed by atoms with Crippen LogP contribution < -0.4 is 14.8 Å². The maximum absolute atomic E-state index is 12.6. The number of carboxylic acids is 1. The number of ether oxygens (including phenoxy) is 2. The number of hydrogen-bond donors (Lipinski definition) is 7. The highest BCUT2D eigenvalue weighted by Crippen LogP contribution is 2.51. The lowest BCUT2D eigenvalue weighted by molar-refractivity contribution is -0.385. The molecule has 0 spiro atoms. The smallest absolute Gasteiger partial charge is 0.342 e. The first-order valence-electron chi connectivity index (χ1n) is 16.3. The molecule has 0 aromatic heterocycles. The van der Waals surface area contributed by atoms with Gasteiger partial charge in [-0.05, 0) is 47.9 Å². The van der Waals surface area contributed by atoms with E-state index < -0.39 is 112 Å². The molecule has 0 atom stereocenters. The van der Waals surface area contributed by atoms with E-state index in [1.807, 2.05) is 0 Å². The highest BCUT2D eigenvalue weighted by Gasteiger charge is 2.29. The summed E-state index contributed by atoms with van der Waals surface area (Å²) in [4.78, 5) is 30.1. The largest absolute Gasteiger partial charge is 0.505 e. The molecule has 324 valence electrons. The van der Waals surface area contributed by atoms with Crippen LogP contribution >= 0.6 is 0 Å². The van der Waals surface area contributed by atoms with Gasteiger partial charge in [0.15, 0.2) is 11.5 Å². The van der Waals surface area contributed by atoms with E-state index in [0.29, 0.717) is 18.2 Å². The Morgan fingerprint density at radius 2 is 1.15 bits per heavy atom. The maximum Gasteiger partial charge on any atom is 0.342 e. The topological polar surface area (TPSA) is 406 Å². The minimum Gasteiger partial charge on any atom is -0.505 e. The maximum atomic E-state index is 12.6. The van der Waals surface area contributed by atoms with E-state index in [9.17, 15) is 73.9 Å². The lowest BCUT2D eigenvalue weighted by Crippen LogP contribution is -2.07. The number of azo groups is 3. The number of carboxylic acid groups (broad SMARTS) is 1. The molecule has 7 N–H and O–H groups in total. The van der Waals surface area contributed by atoms with Gasteiger partial charge in [-0.3, -0.25) is 28.6 Å². The molecule has 0 heterocycles. The highest BCUT2D eigenvalue weighted by molar-refractivity contribution is 7.86. The number of aromatic hydroxyl groups is 2. The van der Waals surface area contributed by atoms with Crippen molar-refractivity contribution in [2.24, 2.45) is 30.7 Å². The number of carbonyl (C=O) groups is 2. The van der Waals surface area contributed by atoms with Crippen LogP contribution in [0.4, 0.5) is 45.5 Å². The fraction of sp³-hybridized carbons (Fsp3) is 0.0909. The Balaban J connectivity index is 1.66. The average molecular weight is 919 g/mol. The molecular weight excluding hydrogens is 893 g/mol. The zero-order valence-corrected chi connectivity index (χ0v) is 33.7. The SMILES string of the molecule is COc1cc(N=Nc2c(S(=O)(=O)O)cc3cc(S(=O)(=O)O)c(N=Nc4ccc([N+](=O)[O-])c(C(=O)O)c4)c(O)c3c2O)c(OC)cc1N=Nc1ccc(NC(C)=O)cc1S(=O)(=O)O. The average Bonchev–Trinajstić information content (AvgIpc) is 3.17. The molecule has 0 radical (unpaired) electrons. The number of anilines is 1. The summed E-state index contributed by atoms with van der Waals surface area (Å²) < 4.78 is 115. The molecule has 0 fully saturated rings. The quantitative estimate of drug-likeness (QED) is 0.0260. The summed E-state index contributed by atoms with van der Waals surface area (Å²) in [5.41, 5.74) is -5.16. The van der Waals surface area contributed by atoms with Crippen molar-refractivity contribution in [1.82, 2.24) is 0 Å². The van der Waals surface area contributed by atoms with Crippen molar-refractivity contribution in [2.75, 3.05) is 19.5 Å². The van der Waals surface area contributed by atoms with Gasteiger partial charge < -0.3 is 30.1 Å². The first kappa shape index (κ1) is 45.5. The Morgan fingerprint density at radius 1 is 0.661 bits per heavy atom. The molecule has 29 heteroatoms. The number of fused-ring (bicyclic) bond motifs is 1. The number of nitrogens with one attached hydrogen (secondary N) is 1. The number of phenolic OH excluding ortho intramolecular Hbond substituents is 2. The van der Waals surface area contributed by atoms with E-state index in [1.165, 1.54) is 6.07 Å². The molecule has 5 rings (SSSR count). The molecule has 0 saturated carbocycles. The van der Waals surface area contributed by atoms with Crippen LogP contribution in [-0.4, -0.2) is 85.3 Å². The normalized spacial score (nSPS) is 12.4. The second-order valence-corrected chi connectivity index (χ2v) is 16.3. The molecule has 1 amide bonds. The summed E-state index contributed by atoms with van der Waals surface area (Å²) in [6.07, 6.45) is 0. The Morgan fingerprint density at radius 3 is 1.60 bits per heavy atom. The summed E-state index contributed by atoms with van der Waals surface area (Å²) in [6.45, 7) is 1.16. The molecule has 26 nitrogen and oxygen atoms in total. The molecule has 5 aromatic carbocycles. The van der Waals surface area contributed by atoms with Crippen molar-refractivity contribution in [3.8, 4) is 23.0 Å². The van der Waals surface area contributed by atoms with Crippen molar-refractivity contribution in [3.05, 3.63) is 76.3 Å². The number of nitro benzene ring substituents is 1. The molecule has 0 unspecified atom stereocenters. The number of methoxy groups -OCH3 is 2. The van der Waals surface area contributed by atoms with Gasteiger partial charge in [0.05, 0.1) is 30.2 Å². The Labute approximate surface area is 346 Å². The molecule has 0 aliphatic carbocycles. The summed E-state index contributed by atoms with van der Waals surface area (Å²) in [7, 11) is -13.4. The van der Waals surface area contributed by atoms with Gasteiger partial charge >= 0.3 is 5.97 Å².